The predicted molar refractivity (Wildman–Crippen MR) is 63.7 cm³/mol. The molecule has 1 spiro atoms. The van der Waals surface area contributed by atoms with Gasteiger partial charge in [-0.3, -0.25) is 0 Å². The van der Waals surface area contributed by atoms with E-state index in [1.807, 2.05) is 14.0 Å². The van der Waals surface area contributed by atoms with Crippen LogP contribution in [-0.4, -0.2) is 49.6 Å². The van der Waals surface area contributed by atoms with Crippen LogP contribution in [0.2, 0.25) is 0 Å². The molecule has 5 nitrogen and oxygen atoms in total. The van der Waals surface area contributed by atoms with Gasteiger partial charge in [-0.25, -0.2) is 4.79 Å². The SMILES string of the molecule is CCN(C)C(=O)NC1CCC2(CC1)OCCO2. The minimum absolute atomic E-state index is 0.0155. The highest BCUT2D eigenvalue weighted by molar-refractivity contribution is 5.74. The van der Waals surface area contributed by atoms with Crippen molar-refractivity contribution in [3.63, 3.8) is 0 Å². The summed E-state index contributed by atoms with van der Waals surface area (Å²) in [7, 11) is 1.81. The third-order valence-electron chi connectivity index (χ3n) is 3.71. The Morgan fingerprint density at radius 3 is 2.47 bits per heavy atom. The molecule has 1 aliphatic carbocycles. The molecule has 17 heavy (non-hydrogen) atoms. The quantitative estimate of drug-likeness (QED) is 0.795. The van der Waals surface area contributed by atoms with Crippen molar-refractivity contribution in [2.24, 2.45) is 0 Å². The number of hydrogen-bond acceptors (Lipinski definition) is 3. The van der Waals surface area contributed by atoms with E-state index in [4.69, 9.17) is 9.47 Å². The van der Waals surface area contributed by atoms with Crippen LogP contribution in [-0.2, 0) is 9.47 Å². The molecule has 0 aromatic carbocycles. The second-order valence-electron chi connectivity index (χ2n) is 4.85. The van der Waals surface area contributed by atoms with Gasteiger partial charge in [-0.05, 0) is 19.8 Å². The van der Waals surface area contributed by atoms with Crippen molar-refractivity contribution >= 4 is 6.03 Å². The van der Waals surface area contributed by atoms with Crippen LogP contribution in [0.1, 0.15) is 32.6 Å². The average molecular weight is 242 g/mol. The molecule has 2 rings (SSSR count). The minimum Gasteiger partial charge on any atom is -0.348 e. The summed E-state index contributed by atoms with van der Waals surface area (Å²) >= 11 is 0. The number of hydrogen-bond donors (Lipinski definition) is 1. The number of ether oxygens (including phenoxy) is 2. The Morgan fingerprint density at radius 2 is 1.94 bits per heavy atom. The van der Waals surface area contributed by atoms with Gasteiger partial charge >= 0.3 is 6.03 Å². The molecule has 0 aromatic rings. The summed E-state index contributed by atoms with van der Waals surface area (Å²) in [5.41, 5.74) is 0. The Hall–Kier alpha value is -0.810. The fourth-order valence-corrected chi connectivity index (χ4v) is 2.42. The second-order valence-corrected chi connectivity index (χ2v) is 4.85. The molecule has 0 atom stereocenters. The first-order valence-electron chi connectivity index (χ1n) is 6.45. The number of nitrogens with zero attached hydrogens (tertiary/aromatic N) is 1. The highest BCUT2D eigenvalue weighted by Crippen LogP contribution is 2.35. The van der Waals surface area contributed by atoms with Crippen molar-refractivity contribution < 1.29 is 14.3 Å². The van der Waals surface area contributed by atoms with Gasteiger partial charge in [-0.1, -0.05) is 0 Å². The van der Waals surface area contributed by atoms with Gasteiger partial charge in [0.1, 0.15) is 0 Å². The molecule has 0 unspecified atom stereocenters. The third kappa shape index (κ3) is 2.90. The predicted octanol–water partition coefficient (Wildman–Crippen LogP) is 1.33. The van der Waals surface area contributed by atoms with Gasteiger partial charge in [-0.15, -0.1) is 0 Å². The summed E-state index contributed by atoms with van der Waals surface area (Å²) in [5.74, 6) is -0.335. The molecule has 1 heterocycles. The fourth-order valence-electron chi connectivity index (χ4n) is 2.42. The molecule has 2 fully saturated rings. The van der Waals surface area contributed by atoms with E-state index in [0.717, 1.165) is 32.2 Å². The van der Waals surface area contributed by atoms with Gasteiger partial charge in [0.2, 0.25) is 0 Å². The normalized spacial score (nSPS) is 23.9. The summed E-state index contributed by atoms with van der Waals surface area (Å²) in [6, 6.07) is 0.275. The Morgan fingerprint density at radius 1 is 1.35 bits per heavy atom. The van der Waals surface area contributed by atoms with Crippen LogP contribution >= 0.6 is 0 Å². The molecule has 98 valence electrons. The van der Waals surface area contributed by atoms with E-state index in [2.05, 4.69) is 5.32 Å². The lowest BCUT2D eigenvalue weighted by Gasteiger charge is -2.36. The lowest BCUT2D eigenvalue weighted by atomic mass is 9.90. The van der Waals surface area contributed by atoms with E-state index in [9.17, 15) is 4.79 Å². The van der Waals surface area contributed by atoms with Gasteiger partial charge in [0.25, 0.3) is 0 Å². The highest BCUT2D eigenvalue weighted by atomic mass is 16.7. The zero-order valence-electron chi connectivity index (χ0n) is 10.7. The van der Waals surface area contributed by atoms with Crippen molar-refractivity contribution in [3.05, 3.63) is 0 Å². The van der Waals surface area contributed by atoms with Crippen LogP contribution in [0.15, 0.2) is 0 Å². The summed E-state index contributed by atoms with van der Waals surface area (Å²) < 4.78 is 11.3. The minimum atomic E-state index is -0.335. The number of carbonyl (C=O) groups is 1. The zero-order chi connectivity index (χ0) is 12.3. The summed E-state index contributed by atoms with van der Waals surface area (Å²) in [4.78, 5) is 13.4. The van der Waals surface area contributed by atoms with Crippen LogP contribution in [0, 0.1) is 0 Å². The maximum atomic E-state index is 11.7. The van der Waals surface area contributed by atoms with Crippen LogP contribution in [0.25, 0.3) is 0 Å². The Bertz CT molecular complexity index is 267. The standard InChI is InChI=1S/C12H22N2O3/c1-3-14(2)11(15)13-10-4-6-12(7-5-10)16-8-9-17-12/h10H,3-9H2,1-2H3,(H,13,15). The van der Waals surface area contributed by atoms with Gasteiger partial charge in [0.05, 0.1) is 13.2 Å². The molecule has 0 aromatic heterocycles. The van der Waals surface area contributed by atoms with Crippen LogP contribution in [0.5, 0.6) is 0 Å². The Kier molecular flexibility index (Phi) is 3.89. The van der Waals surface area contributed by atoms with E-state index in [0.29, 0.717) is 13.2 Å². The van der Waals surface area contributed by atoms with E-state index in [-0.39, 0.29) is 17.9 Å². The number of urea groups is 1. The Labute approximate surface area is 102 Å². The molecule has 1 saturated heterocycles. The monoisotopic (exact) mass is 242 g/mol. The van der Waals surface area contributed by atoms with E-state index in [1.165, 1.54) is 0 Å². The van der Waals surface area contributed by atoms with Gasteiger partial charge < -0.3 is 19.7 Å². The smallest absolute Gasteiger partial charge is 0.317 e. The molecule has 2 amide bonds. The summed E-state index contributed by atoms with van der Waals surface area (Å²) in [6.07, 6.45) is 3.63. The summed E-state index contributed by atoms with van der Waals surface area (Å²) in [6.45, 7) is 4.11. The fraction of sp³-hybridized carbons (Fsp3) is 0.917. The first kappa shape index (κ1) is 12.6. The molecule has 2 aliphatic rings. The molecular formula is C12H22N2O3. The van der Waals surface area contributed by atoms with Crippen LogP contribution in [0.3, 0.4) is 0 Å². The lowest BCUT2D eigenvalue weighted by molar-refractivity contribution is -0.179. The first-order chi connectivity index (χ1) is 8.15. The second kappa shape index (κ2) is 5.23. The number of nitrogens with one attached hydrogen (secondary N) is 1. The topological polar surface area (TPSA) is 50.8 Å². The van der Waals surface area contributed by atoms with Crippen molar-refractivity contribution in [1.29, 1.82) is 0 Å². The average Bonchev–Trinajstić information content (AvgIpc) is 2.80. The number of amides is 2. The van der Waals surface area contributed by atoms with Gasteiger partial charge in [-0.2, -0.15) is 0 Å². The molecule has 1 N–H and O–H groups in total. The van der Waals surface area contributed by atoms with E-state index < -0.39 is 0 Å². The largest absolute Gasteiger partial charge is 0.348 e. The molecular weight excluding hydrogens is 220 g/mol. The molecule has 0 bridgehead atoms. The number of carbonyl (C=O) groups excluding carboxylic acids is 1. The maximum Gasteiger partial charge on any atom is 0.317 e. The first-order valence-corrected chi connectivity index (χ1v) is 6.45. The third-order valence-corrected chi connectivity index (χ3v) is 3.71. The molecule has 5 heteroatoms. The summed E-state index contributed by atoms with van der Waals surface area (Å²) in [5, 5.41) is 3.05. The van der Waals surface area contributed by atoms with Crippen molar-refractivity contribution in [2.45, 2.75) is 44.4 Å². The Balaban J connectivity index is 1.77. The maximum absolute atomic E-state index is 11.7. The van der Waals surface area contributed by atoms with Crippen LogP contribution in [0.4, 0.5) is 4.79 Å². The molecule has 1 aliphatic heterocycles. The van der Waals surface area contributed by atoms with Gasteiger partial charge in [0, 0.05) is 32.5 Å². The molecule has 0 radical (unpaired) electrons. The van der Waals surface area contributed by atoms with Crippen LogP contribution < -0.4 is 5.32 Å². The highest BCUT2D eigenvalue weighted by Gasteiger charge is 2.40. The van der Waals surface area contributed by atoms with E-state index in [1.54, 1.807) is 4.90 Å². The van der Waals surface area contributed by atoms with Crippen molar-refractivity contribution in [3.8, 4) is 0 Å². The van der Waals surface area contributed by atoms with Crippen molar-refractivity contribution in [2.75, 3.05) is 26.8 Å². The zero-order valence-corrected chi connectivity index (χ0v) is 10.7. The number of rotatable bonds is 2. The van der Waals surface area contributed by atoms with E-state index >= 15 is 0 Å². The van der Waals surface area contributed by atoms with Crippen molar-refractivity contribution in [1.82, 2.24) is 10.2 Å². The molecule has 1 saturated carbocycles. The van der Waals surface area contributed by atoms with Gasteiger partial charge in [0.15, 0.2) is 5.79 Å². The lowest BCUT2D eigenvalue weighted by Crippen LogP contribution is -2.47.